The highest BCUT2D eigenvalue weighted by Crippen LogP contribution is 2.34. The van der Waals surface area contributed by atoms with E-state index in [0.717, 1.165) is 28.8 Å². The van der Waals surface area contributed by atoms with Crippen molar-refractivity contribution in [1.29, 1.82) is 0 Å². The number of carbonyl (C=O) groups excluding carboxylic acids is 1. The number of nitrogens with two attached hydrogens (primary N) is 1. The van der Waals surface area contributed by atoms with Crippen LogP contribution in [0.4, 0.5) is 0 Å². The summed E-state index contributed by atoms with van der Waals surface area (Å²) in [4.78, 5) is 11.9. The summed E-state index contributed by atoms with van der Waals surface area (Å²) in [7, 11) is 0. The van der Waals surface area contributed by atoms with Crippen LogP contribution in [0.25, 0.3) is 21.8 Å². The second-order valence-electron chi connectivity index (χ2n) is 6.70. The summed E-state index contributed by atoms with van der Waals surface area (Å²) in [6.45, 7) is 1.03. The number of benzene rings is 2. The first-order valence-corrected chi connectivity index (χ1v) is 8.55. The SMILES string of the molecule is NC(=O)c1cccc2c1c1ccccc1n2CC1CCCCC1. The van der Waals surface area contributed by atoms with Crippen LogP contribution in [0, 0.1) is 5.92 Å². The lowest BCUT2D eigenvalue weighted by Gasteiger charge is -2.23. The van der Waals surface area contributed by atoms with Crippen LogP contribution in [0.2, 0.25) is 0 Å². The van der Waals surface area contributed by atoms with Crippen molar-refractivity contribution in [1.82, 2.24) is 4.57 Å². The van der Waals surface area contributed by atoms with Gasteiger partial charge in [0.25, 0.3) is 0 Å². The zero-order valence-corrected chi connectivity index (χ0v) is 13.3. The molecule has 2 N–H and O–H groups in total. The van der Waals surface area contributed by atoms with E-state index >= 15 is 0 Å². The van der Waals surface area contributed by atoms with Gasteiger partial charge in [0, 0.05) is 33.9 Å². The molecular weight excluding hydrogens is 284 g/mol. The van der Waals surface area contributed by atoms with Gasteiger partial charge in [-0.1, -0.05) is 43.5 Å². The Kier molecular flexibility index (Phi) is 3.56. The summed E-state index contributed by atoms with van der Waals surface area (Å²) < 4.78 is 2.40. The number of rotatable bonds is 3. The largest absolute Gasteiger partial charge is 0.366 e. The smallest absolute Gasteiger partial charge is 0.249 e. The molecule has 1 aliphatic rings. The molecule has 4 rings (SSSR count). The van der Waals surface area contributed by atoms with Gasteiger partial charge in [0.05, 0.1) is 0 Å². The lowest BCUT2D eigenvalue weighted by Crippen LogP contribution is -2.14. The maximum absolute atomic E-state index is 11.9. The normalized spacial score (nSPS) is 16.2. The Balaban J connectivity index is 1.94. The van der Waals surface area contributed by atoms with Crippen molar-refractivity contribution in [3.05, 3.63) is 48.0 Å². The minimum absolute atomic E-state index is 0.351. The van der Waals surface area contributed by atoms with Crippen molar-refractivity contribution < 1.29 is 4.79 Å². The number of carbonyl (C=O) groups is 1. The minimum Gasteiger partial charge on any atom is -0.366 e. The van der Waals surface area contributed by atoms with Crippen molar-refractivity contribution in [3.63, 3.8) is 0 Å². The second kappa shape index (κ2) is 5.73. The highest BCUT2D eigenvalue weighted by molar-refractivity contribution is 6.17. The molecule has 3 heteroatoms. The maximum Gasteiger partial charge on any atom is 0.249 e. The van der Waals surface area contributed by atoms with Gasteiger partial charge in [0.15, 0.2) is 0 Å². The molecule has 1 aromatic heterocycles. The number of hydrogen-bond donors (Lipinski definition) is 1. The Morgan fingerprint density at radius 2 is 1.74 bits per heavy atom. The minimum atomic E-state index is -0.351. The van der Waals surface area contributed by atoms with Gasteiger partial charge in [0.2, 0.25) is 5.91 Å². The Labute approximate surface area is 136 Å². The fourth-order valence-electron chi connectivity index (χ4n) is 4.13. The fourth-order valence-corrected chi connectivity index (χ4v) is 4.13. The number of hydrogen-bond acceptors (Lipinski definition) is 1. The van der Waals surface area contributed by atoms with Gasteiger partial charge in [0.1, 0.15) is 0 Å². The van der Waals surface area contributed by atoms with Gasteiger partial charge in [-0.3, -0.25) is 4.79 Å². The summed E-state index contributed by atoms with van der Waals surface area (Å²) in [5, 5.41) is 2.14. The van der Waals surface area contributed by atoms with Gasteiger partial charge >= 0.3 is 0 Å². The Morgan fingerprint density at radius 1 is 1.00 bits per heavy atom. The lowest BCUT2D eigenvalue weighted by atomic mass is 9.89. The van der Waals surface area contributed by atoms with E-state index in [1.807, 2.05) is 18.2 Å². The second-order valence-corrected chi connectivity index (χ2v) is 6.70. The molecule has 1 amide bonds. The third-order valence-corrected chi connectivity index (χ3v) is 5.23. The van der Waals surface area contributed by atoms with Crippen molar-refractivity contribution >= 4 is 27.7 Å². The number of amides is 1. The highest BCUT2D eigenvalue weighted by Gasteiger charge is 2.19. The molecular formula is C20H22N2O. The predicted octanol–water partition coefficient (Wildman–Crippen LogP) is 4.47. The third kappa shape index (κ3) is 2.40. The van der Waals surface area contributed by atoms with Crippen LogP contribution in [0.3, 0.4) is 0 Å². The van der Waals surface area contributed by atoms with E-state index in [-0.39, 0.29) is 5.91 Å². The van der Waals surface area contributed by atoms with Gasteiger partial charge in [-0.2, -0.15) is 0 Å². The van der Waals surface area contributed by atoms with Gasteiger partial charge in [-0.05, 0) is 37.0 Å². The zero-order valence-electron chi connectivity index (χ0n) is 13.3. The Hall–Kier alpha value is -2.29. The van der Waals surface area contributed by atoms with E-state index in [1.54, 1.807) is 0 Å². The molecule has 0 atom stereocenters. The van der Waals surface area contributed by atoms with Crippen molar-refractivity contribution in [2.24, 2.45) is 11.7 Å². The van der Waals surface area contributed by atoms with Gasteiger partial charge in [-0.15, -0.1) is 0 Å². The lowest BCUT2D eigenvalue weighted by molar-refractivity contribution is 0.100. The number of primary amides is 1. The molecule has 23 heavy (non-hydrogen) atoms. The van der Waals surface area contributed by atoms with Crippen LogP contribution in [0.5, 0.6) is 0 Å². The van der Waals surface area contributed by atoms with Crippen LogP contribution < -0.4 is 5.73 Å². The summed E-state index contributed by atoms with van der Waals surface area (Å²) in [6.07, 6.45) is 6.67. The number of para-hydroxylation sites is 1. The van der Waals surface area contributed by atoms with Crippen molar-refractivity contribution in [2.45, 2.75) is 38.6 Å². The predicted molar refractivity (Wildman–Crippen MR) is 94.5 cm³/mol. The quantitative estimate of drug-likeness (QED) is 0.762. The summed E-state index contributed by atoms with van der Waals surface area (Å²) in [6, 6.07) is 14.3. The van der Waals surface area contributed by atoms with Crippen LogP contribution in [-0.2, 0) is 6.54 Å². The first-order valence-electron chi connectivity index (χ1n) is 8.55. The van der Waals surface area contributed by atoms with E-state index in [0.29, 0.717) is 5.56 Å². The van der Waals surface area contributed by atoms with Gasteiger partial charge in [-0.25, -0.2) is 0 Å². The Morgan fingerprint density at radius 3 is 2.52 bits per heavy atom. The summed E-state index contributed by atoms with van der Waals surface area (Å²) in [5.41, 5.74) is 8.58. The fraction of sp³-hybridized carbons (Fsp3) is 0.350. The first kappa shape index (κ1) is 14.3. The van der Waals surface area contributed by atoms with E-state index in [2.05, 4.69) is 28.8 Å². The monoisotopic (exact) mass is 306 g/mol. The molecule has 0 unspecified atom stereocenters. The highest BCUT2D eigenvalue weighted by atomic mass is 16.1. The van der Waals surface area contributed by atoms with Gasteiger partial charge < -0.3 is 10.3 Å². The standard InChI is InChI=1S/C20H22N2O/c21-20(23)16-10-6-12-18-19(16)15-9-4-5-11-17(15)22(18)13-14-7-2-1-3-8-14/h4-6,9-12,14H,1-3,7-8,13H2,(H2,21,23). The van der Waals surface area contributed by atoms with Crippen molar-refractivity contribution in [3.8, 4) is 0 Å². The molecule has 3 nitrogen and oxygen atoms in total. The molecule has 1 fully saturated rings. The zero-order chi connectivity index (χ0) is 15.8. The molecule has 0 radical (unpaired) electrons. The molecule has 0 saturated heterocycles. The molecule has 0 spiro atoms. The Bertz CT molecular complexity index is 872. The van der Waals surface area contributed by atoms with E-state index in [4.69, 9.17) is 5.73 Å². The topological polar surface area (TPSA) is 48.0 Å². The molecule has 0 bridgehead atoms. The van der Waals surface area contributed by atoms with Crippen LogP contribution in [0.15, 0.2) is 42.5 Å². The van der Waals surface area contributed by atoms with E-state index < -0.39 is 0 Å². The molecule has 118 valence electrons. The molecule has 1 aliphatic carbocycles. The maximum atomic E-state index is 11.9. The summed E-state index contributed by atoms with van der Waals surface area (Å²) >= 11 is 0. The number of fused-ring (bicyclic) bond motifs is 3. The van der Waals surface area contributed by atoms with E-state index in [9.17, 15) is 4.79 Å². The molecule has 1 saturated carbocycles. The third-order valence-electron chi connectivity index (χ3n) is 5.23. The average Bonchev–Trinajstić information content (AvgIpc) is 2.90. The number of aromatic nitrogens is 1. The van der Waals surface area contributed by atoms with Crippen molar-refractivity contribution in [2.75, 3.05) is 0 Å². The molecule has 3 aromatic rings. The summed E-state index contributed by atoms with van der Waals surface area (Å²) in [5.74, 6) is 0.385. The van der Waals surface area contributed by atoms with E-state index in [1.165, 1.54) is 37.6 Å². The first-order chi connectivity index (χ1) is 11.3. The van der Waals surface area contributed by atoms with Crippen LogP contribution >= 0.6 is 0 Å². The molecule has 0 aliphatic heterocycles. The number of nitrogens with zero attached hydrogens (tertiary/aromatic N) is 1. The van der Waals surface area contributed by atoms with Crippen LogP contribution in [-0.4, -0.2) is 10.5 Å². The molecule has 1 heterocycles. The van der Waals surface area contributed by atoms with Crippen LogP contribution in [0.1, 0.15) is 42.5 Å². The average molecular weight is 306 g/mol. The molecule has 2 aromatic carbocycles.